The van der Waals surface area contributed by atoms with Crippen LogP contribution >= 0.6 is 0 Å². The third kappa shape index (κ3) is 3.56. The number of rotatable bonds is 8. The van der Waals surface area contributed by atoms with Gasteiger partial charge in [-0.1, -0.05) is 19.3 Å². The summed E-state index contributed by atoms with van der Waals surface area (Å²) in [5, 5.41) is 0. The molecule has 0 atom stereocenters. The standard InChI is InChI=1S/C15H20N2O2/c16-14(18)6-4-2-1-3-5-7-15(19)17-12-8-9-13(17)11-10-12/h8-11H,1-7H2,(H2,16,18). The van der Waals surface area contributed by atoms with E-state index in [1.807, 2.05) is 24.3 Å². The fraction of sp³-hybridized carbons (Fsp3) is 0.467. The lowest BCUT2D eigenvalue weighted by atomic mass is 10.1. The summed E-state index contributed by atoms with van der Waals surface area (Å²) in [6, 6.07) is 7.88. The average molecular weight is 260 g/mol. The van der Waals surface area contributed by atoms with Gasteiger partial charge in [0.15, 0.2) is 0 Å². The van der Waals surface area contributed by atoms with E-state index in [0.717, 1.165) is 43.1 Å². The lowest BCUT2D eigenvalue weighted by Gasteiger charge is -2.03. The molecule has 0 aliphatic rings. The summed E-state index contributed by atoms with van der Waals surface area (Å²) in [5.41, 5.74) is 7.04. The van der Waals surface area contributed by atoms with Gasteiger partial charge in [-0.25, -0.2) is 0 Å². The summed E-state index contributed by atoms with van der Waals surface area (Å²) in [6.45, 7) is 0. The van der Waals surface area contributed by atoms with E-state index in [9.17, 15) is 9.59 Å². The zero-order chi connectivity index (χ0) is 13.7. The van der Waals surface area contributed by atoms with Crippen LogP contribution in [0.3, 0.4) is 0 Å². The molecule has 19 heavy (non-hydrogen) atoms. The lowest BCUT2D eigenvalue weighted by Crippen LogP contribution is -2.09. The van der Waals surface area contributed by atoms with Crippen molar-refractivity contribution in [1.82, 2.24) is 4.57 Å². The van der Waals surface area contributed by atoms with E-state index in [4.69, 9.17) is 5.73 Å². The molecule has 2 N–H and O–H groups in total. The molecule has 0 fully saturated rings. The Hall–Kier alpha value is -1.84. The van der Waals surface area contributed by atoms with Gasteiger partial charge in [-0.2, -0.15) is 0 Å². The van der Waals surface area contributed by atoms with Gasteiger partial charge in [-0.15, -0.1) is 0 Å². The summed E-state index contributed by atoms with van der Waals surface area (Å²) in [5.74, 6) is -0.0501. The number of hydrogen-bond acceptors (Lipinski definition) is 2. The number of fused-ring (bicyclic) bond motifs is 2. The number of nitrogens with zero attached hydrogens (tertiary/aromatic N) is 1. The van der Waals surface area contributed by atoms with Gasteiger partial charge < -0.3 is 5.73 Å². The summed E-state index contributed by atoms with van der Waals surface area (Å²) in [7, 11) is 0. The zero-order valence-electron chi connectivity index (χ0n) is 11.1. The van der Waals surface area contributed by atoms with Crippen molar-refractivity contribution in [3.63, 3.8) is 0 Å². The molecule has 0 aliphatic heterocycles. The normalized spacial score (nSPS) is 11.2. The van der Waals surface area contributed by atoms with Crippen molar-refractivity contribution >= 4 is 22.8 Å². The van der Waals surface area contributed by atoms with Crippen LogP contribution in [0.15, 0.2) is 24.3 Å². The van der Waals surface area contributed by atoms with Gasteiger partial charge in [0.2, 0.25) is 11.8 Å². The van der Waals surface area contributed by atoms with Gasteiger partial charge in [0.05, 0.1) is 0 Å². The zero-order valence-corrected chi connectivity index (χ0v) is 11.1. The Morgan fingerprint density at radius 1 is 0.842 bits per heavy atom. The van der Waals surface area contributed by atoms with Crippen LogP contribution in [-0.4, -0.2) is 16.4 Å². The number of benzene rings is 1. The molecule has 0 aliphatic carbocycles. The van der Waals surface area contributed by atoms with E-state index in [2.05, 4.69) is 0 Å². The van der Waals surface area contributed by atoms with Crippen LogP contribution in [0.1, 0.15) is 49.7 Å². The molecule has 4 nitrogen and oxygen atoms in total. The SMILES string of the molecule is NC(=O)CCCCCCCC(=O)n1c2ccc1cc2. The van der Waals surface area contributed by atoms with E-state index in [1.165, 1.54) is 0 Å². The van der Waals surface area contributed by atoms with Crippen molar-refractivity contribution in [2.24, 2.45) is 5.73 Å². The van der Waals surface area contributed by atoms with Crippen LogP contribution in [0.4, 0.5) is 0 Å². The highest BCUT2D eigenvalue weighted by molar-refractivity contribution is 5.91. The Kier molecular flexibility index (Phi) is 4.55. The minimum absolute atomic E-state index is 0.178. The molecule has 2 heterocycles. The molecule has 0 spiro atoms. The van der Waals surface area contributed by atoms with Crippen molar-refractivity contribution in [2.45, 2.75) is 44.9 Å². The first-order valence-corrected chi connectivity index (χ1v) is 6.90. The Bertz CT molecular complexity index is 496. The van der Waals surface area contributed by atoms with Crippen molar-refractivity contribution in [1.29, 1.82) is 0 Å². The lowest BCUT2D eigenvalue weighted by molar-refractivity contribution is -0.118. The number of hydrogen-bond donors (Lipinski definition) is 1. The number of aromatic nitrogens is 1. The molecule has 2 rings (SSSR count). The van der Waals surface area contributed by atoms with Crippen LogP contribution in [-0.2, 0) is 4.79 Å². The molecule has 1 amide bonds. The average Bonchev–Trinajstić information content (AvgIpc) is 2.96. The fourth-order valence-corrected chi connectivity index (χ4v) is 2.41. The summed E-state index contributed by atoms with van der Waals surface area (Å²) in [6.07, 6.45) is 5.94. The van der Waals surface area contributed by atoms with E-state index in [1.54, 1.807) is 4.57 Å². The monoisotopic (exact) mass is 260 g/mol. The summed E-state index contributed by atoms with van der Waals surface area (Å²) >= 11 is 0. The summed E-state index contributed by atoms with van der Waals surface area (Å²) < 4.78 is 1.78. The molecule has 0 saturated heterocycles. The van der Waals surface area contributed by atoms with Crippen LogP contribution in [0.2, 0.25) is 0 Å². The Morgan fingerprint density at radius 3 is 1.84 bits per heavy atom. The number of unbranched alkanes of at least 4 members (excludes halogenated alkanes) is 4. The van der Waals surface area contributed by atoms with Gasteiger partial charge in [0.1, 0.15) is 0 Å². The second kappa shape index (κ2) is 6.36. The van der Waals surface area contributed by atoms with Gasteiger partial charge >= 0.3 is 0 Å². The third-order valence-corrected chi connectivity index (χ3v) is 3.43. The molecule has 0 radical (unpaired) electrons. The van der Waals surface area contributed by atoms with Crippen molar-refractivity contribution in [2.75, 3.05) is 0 Å². The highest BCUT2D eigenvalue weighted by Crippen LogP contribution is 2.18. The molecule has 102 valence electrons. The highest BCUT2D eigenvalue weighted by atomic mass is 16.2. The van der Waals surface area contributed by atoms with Crippen LogP contribution in [0.5, 0.6) is 0 Å². The van der Waals surface area contributed by atoms with Gasteiger partial charge in [0.25, 0.3) is 0 Å². The number of amides is 1. The first kappa shape index (κ1) is 13.6. The van der Waals surface area contributed by atoms with Crippen molar-refractivity contribution in [3.05, 3.63) is 24.3 Å². The highest BCUT2D eigenvalue weighted by Gasteiger charge is 2.10. The molecule has 0 saturated carbocycles. The minimum Gasteiger partial charge on any atom is -0.370 e. The van der Waals surface area contributed by atoms with Gasteiger partial charge in [-0.05, 0) is 37.1 Å². The minimum atomic E-state index is -0.228. The maximum atomic E-state index is 12.0. The van der Waals surface area contributed by atoms with Crippen LogP contribution in [0, 0.1) is 0 Å². The predicted octanol–water partition coefficient (Wildman–Crippen LogP) is 2.94. The van der Waals surface area contributed by atoms with Crippen LogP contribution < -0.4 is 5.73 Å². The number of primary amides is 1. The van der Waals surface area contributed by atoms with E-state index < -0.39 is 0 Å². The molecule has 2 bridgehead atoms. The van der Waals surface area contributed by atoms with Gasteiger partial charge in [0, 0.05) is 23.9 Å². The number of nitrogens with two attached hydrogens (primary N) is 1. The maximum Gasteiger partial charge on any atom is 0.231 e. The number of carbonyl (C=O) groups excluding carboxylic acids is 2. The van der Waals surface area contributed by atoms with E-state index in [-0.39, 0.29) is 11.8 Å². The topological polar surface area (TPSA) is 65.1 Å². The third-order valence-electron chi connectivity index (χ3n) is 3.43. The Labute approximate surface area is 112 Å². The largest absolute Gasteiger partial charge is 0.370 e. The quantitative estimate of drug-likeness (QED) is 0.741. The smallest absolute Gasteiger partial charge is 0.231 e. The molecule has 0 aromatic carbocycles. The van der Waals surface area contributed by atoms with Gasteiger partial charge in [-0.3, -0.25) is 14.2 Å². The predicted molar refractivity (Wildman–Crippen MR) is 75.3 cm³/mol. The second-order valence-electron chi connectivity index (χ2n) is 4.98. The molecular formula is C15H20N2O2. The first-order valence-electron chi connectivity index (χ1n) is 6.90. The molecule has 4 heteroatoms. The van der Waals surface area contributed by atoms with Crippen molar-refractivity contribution < 1.29 is 9.59 Å². The number of carbonyl (C=O) groups is 2. The molecule has 2 aromatic rings. The Morgan fingerprint density at radius 2 is 1.32 bits per heavy atom. The molecule has 0 unspecified atom stereocenters. The maximum absolute atomic E-state index is 12.0. The van der Waals surface area contributed by atoms with E-state index >= 15 is 0 Å². The summed E-state index contributed by atoms with van der Waals surface area (Å²) in [4.78, 5) is 22.6. The van der Waals surface area contributed by atoms with Crippen LogP contribution in [0.25, 0.3) is 11.0 Å². The van der Waals surface area contributed by atoms with Crippen molar-refractivity contribution in [3.8, 4) is 0 Å². The second-order valence-corrected chi connectivity index (χ2v) is 4.98. The fourth-order valence-electron chi connectivity index (χ4n) is 2.41. The molecule has 2 aromatic heterocycles. The Balaban J connectivity index is 1.61. The first-order chi connectivity index (χ1) is 9.18. The van der Waals surface area contributed by atoms with E-state index in [0.29, 0.717) is 12.8 Å². The molecular weight excluding hydrogens is 240 g/mol.